The molecule has 0 aliphatic carbocycles. The summed E-state index contributed by atoms with van der Waals surface area (Å²) in [5.74, 6) is -1.35. The highest BCUT2D eigenvalue weighted by atomic mass is 16.4. The van der Waals surface area contributed by atoms with Gasteiger partial charge in [-0.15, -0.1) is 0 Å². The number of rotatable bonds is 21. The first-order valence-corrected chi connectivity index (χ1v) is 11.9. The SMILES string of the molecule is CNCCCCC(NC)C(=O)NCCCCC(NC(=O)C(CCCCNC)NC)C(=O)O. The summed E-state index contributed by atoms with van der Waals surface area (Å²) < 4.78 is 0. The first-order valence-electron chi connectivity index (χ1n) is 11.9. The van der Waals surface area contributed by atoms with Gasteiger partial charge in [0.1, 0.15) is 6.04 Å². The van der Waals surface area contributed by atoms with E-state index in [1.54, 1.807) is 14.1 Å². The molecule has 10 heteroatoms. The Morgan fingerprint density at radius 3 is 1.50 bits per heavy atom. The second kappa shape index (κ2) is 19.9. The number of unbranched alkanes of at least 4 members (excludes halogenated alkanes) is 3. The van der Waals surface area contributed by atoms with Gasteiger partial charge in [-0.05, 0) is 86.2 Å². The van der Waals surface area contributed by atoms with E-state index in [2.05, 4.69) is 31.9 Å². The predicted octanol–water partition coefficient (Wildman–Crippen LogP) is -0.202. The molecule has 0 spiro atoms. The number of nitrogens with one attached hydrogen (secondary N) is 6. The molecule has 2 amide bonds. The summed E-state index contributed by atoms with van der Waals surface area (Å²) in [6.07, 6.45) is 6.82. The zero-order chi connectivity index (χ0) is 24.2. The quantitative estimate of drug-likeness (QED) is 0.117. The van der Waals surface area contributed by atoms with E-state index >= 15 is 0 Å². The molecule has 0 aromatic heterocycles. The molecule has 188 valence electrons. The maximum absolute atomic E-state index is 12.4. The molecule has 3 atom stereocenters. The van der Waals surface area contributed by atoms with Gasteiger partial charge in [0, 0.05) is 6.54 Å². The molecule has 3 unspecified atom stereocenters. The van der Waals surface area contributed by atoms with Crippen LogP contribution in [0.15, 0.2) is 0 Å². The zero-order valence-electron chi connectivity index (χ0n) is 20.4. The molecule has 0 aromatic carbocycles. The largest absolute Gasteiger partial charge is 0.480 e. The van der Waals surface area contributed by atoms with Crippen LogP contribution < -0.4 is 31.9 Å². The summed E-state index contributed by atoms with van der Waals surface area (Å²) in [6, 6.07) is -1.55. The molecule has 0 heterocycles. The van der Waals surface area contributed by atoms with Gasteiger partial charge in [-0.25, -0.2) is 4.79 Å². The van der Waals surface area contributed by atoms with E-state index in [9.17, 15) is 19.5 Å². The molecule has 0 saturated heterocycles. The first kappa shape index (κ1) is 30.2. The maximum atomic E-state index is 12.4. The highest BCUT2D eigenvalue weighted by Crippen LogP contribution is 2.06. The Balaban J connectivity index is 4.27. The molecule has 0 saturated carbocycles. The lowest BCUT2D eigenvalue weighted by atomic mass is 10.1. The Kier molecular flexibility index (Phi) is 18.8. The van der Waals surface area contributed by atoms with Crippen LogP contribution in [-0.2, 0) is 14.4 Å². The van der Waals surface area contributed by atoms with Gasteiger partial charge in [-0.2, -0.15) is 0 Å². The fourth-order valence-corrected chi connectivity index (χ4v) is 3.45. The predicted molar refractivity (Wildman–Crippen MR) is 128 cm³/mol. The Morgan fingerprint density at radius 1 is 0.625 bits per heavy atom. The Hall–Kier alpha value is -1.75. The number of carbonyl (C=O) groups is 3. The Labute approximate surface area is 193 Å². The summed E-state index contributed by atoms with van der Waals surface area (Å²) >= 11 is 0. The van der Waals surface area contributed by atoms with Crippen molar-refractivity contribution in [3.63, 3.8) is 0 Å². The Morgan fingerprint density at radius 2 is 1.06 bits per heavy atom. The van der Waals surface area contributed by atoms with E-state index in [1.807, 2.05) is 14.1 Å². The molecule has 0 rings (SSSR count). The van der Waals surface area contributed by atoms with Crippen LogP contribution in [0.3, 0.4) is 0 Å². The fourth-order valence-electron chi connectivity index (χ4n) is 3.45. The molecule has 7 N–H and O–H groups in total. The summed E-state index contributed by atoms with van der Waals surface area (Å²) in [5, 5.41) is 27.2. The summed E-state index contributed by atoms with van der Waals surface area (Å²) in [5.41, 5.74) is 0. The standard InChI is InChI=1S/C22H46N6O4/c1-23-14-8-5-11-17(25-3)20(29)27-16-10-7-13-19(22(31)32)28-21(30)18(26-4)12-6-9-15-24-2/h17-19,23-26H,5-16H2,1-4H3,(H,27,29)(H,28,30)(H,31,32). The molecule has 0 aliphatic heterocycles. The molecular formula is C22H46N6O4. The van der Waals surface area contributed by atoms with Crippen LogP contribution in [0.5, 0.6) is 0 Å². The van der Waals surface area contributed by atoms with Gasteiger partial charge < -0.3 is 37.0 Å². The molecule has 0 fully saturated rings. The van der Waals surface area contributed by atoms with E-state index in [-0.39, 0.29) is 17.9 Å². The van der Waals surface area contributed by atoms with Crippen molar-refractivity contribution < 1.29 is 19.5 Å². The van der Waals surface area contributed by atoms with Gasteiger partial charge in [0.2, 0.25) is 11.8 Å². The number of aliphatic carboxylic acids is 1. The van der Waals surface area contributed by atoms with E-state index in [4.69, 9.17) is 0 Å². The minimum Gasteiger partial charge on any atom is -0.480 e. The lowest BCUT2D eigenvalue weighted by molar-refractivity contribution is -0.142. The number of carboxylic acids is 1. The van der Waals surface area contributed by atoms with Gasteiger partial charge in [0.15, 0.2) is 0 Å². The van der Waals surface area contributed by atoms with E-state index in [0.29, 0.717) is 32.2 Å². The third kappa shape index (κ3) is 14.3. The lowest BCUT2D eigenvalue weighted by Gasteiger charge is -2.20. The van der Waals surface area contributed by atoms with Crippen LogP contribution in [-0.4, -0.2) is 88.8 Å². The normalized spacial score (nSPS) is 13.9. The van der Waals surface area contributed by atoms with Crippen molar-refractivity contribution in [1.82, 2.24) is 31.9 Å². The average Bonchev–Trinajstić information content (AvgIpc) is 2.77. The summed E-state index contributed by atoms with van der Waals surface area (Å²) in [7, 11) is 7.28. The minimum atomic E-state index is -1.04. The second-order valence-electron chi connectivity index (χ2n) is 8.07. The van der Waals surface area contributed by atoms with Crippen molar-refractivity contribution in [3.8, 4) is 0 Å². The third-order valence-corrected chi connectivity index (χ3v) is 5.50. The van der Waals surface area contributed by atoms with Crippen LogP contribution in [0.2, 0.25) is 0 Å². The molecule has 32 heavy (non-hydrogen) atoms. The molecule has 0 bridgehead atoms. The third-order valence-electron chi connectivity index (χ3n) is 5.50. The van der Waals surface area contributed by atoms with Gasteiger partial charge in [0.05, 0.1) is 12.1 Å². The molecule has 0 radical (unpaired) electrons. The summed E-state index contributed by atoms with van der Waals surface area (Å²) in [4.78, 5) is 36.3. The van der Waals surface area contributed by atoms with Gasteiger partial charge in [0.25, 0.3) is 0 Å². The zero-order valence-corrected chi connectivity index (χ0v) is 20.4. The average molecular weight is 459 g/mol. The number of hydrogen-bond donors (Lipinski definition) is 7. The summed E-state index contributed by atoms with van der Waals surface area (Å²) in [6.45, 7) is 2.31. The lowest BCUT2D eigenvalue weighted by Crippen LogP contribution is -2.49. The smallest absolute Gasteiger partial charge is 0.326 e. The molecule has 0 aliphatic rings. The number of carbonyl (C=O) groups excluding carboxylic acids is 2. The van der Waals surface area contributed by atoms with Gasteiger partial charge >= 0.3 is 5.97 Å². The van der Waals surface area contributed by atoms with Crippen molar-refractivity contribution in [2.24, 2.45) is 0 Å². The van der Waals surface area contributed by atoms with Crippen molar-refractivity contribution >= 4 is 17.8 Å². The van der Waals surface area contributed by atoms with Crippen molar-refractivity contribution in [2.75, 3.05) is 47.8 Å². The number of likely N-dealkylation sites (N-methyl/N-ethyl adjacent to an activating group) is 2. The van der Waals surface area contributed by atoms with E-state index in [1.165, 1.54) is 0 Å². The van der Waals surface area contributed by atoms with Gasteiger partial charge in [-0.1, -0.05) is 12.8 Å². The monoisotopic (exact) mass is 458 g/mol. The van der Waals surface area contributed by atoms with E-state index < -0.39 is 18.1 Å². The molecule has 10 nitrogen and oxygen atoms in total. The van der Waals surface area contributed by atoms with Crippen LogP contribution in [0.4, 0.5) is 0 Å². The highest BCUT2D eigenvalue weighted by molar-refractivity contribution is 5.86. The molecular weight excluding hydrogens is 412 g/mol. The van der Waals surface area contributed by atoms with Crippen LogP contribution >= 0.6 is 0 Å². The first-order chi connectivity index (χ1) is 15.4. The minimum absolute atomic E-state index is 0.0322. The highest BCUT2D eigenvalue weighted by Gasteiger charge is 2.24. The topological polar surface area (TPSA) is 144 Å². The van der Waals surface area contributed by atoms with Crippen molar-refractivity contribution in [3.05, 3.63) is 0 Å². The number of amides is 2. The fraction of sp³-hybridized carbons (Fsp3) is 0.864. The van der Waals surface area contributed by atoms with Gasteiger partial charge in [-0.3, -0.25) is 9.59 Å². The van der Waals surface area contributed by atoms with Crippen molar-refractivity contribution in [2.45, 2.75) is 75.9 Å². The Bertz CT molecular complexity index is 521. The van der Waals surface area contributed by atoms with Crippen LogP contribution in [0.25, 0.3) is 0 Å². The second-order valence-corrected chi connectivity index (χ2v) is 8.07. The number of hydrogen-bond acceptors (Lipinski definition) is 7. The van der Waals surface area contributed by atoms with Crippen molar-refractivity contribution in [1.29, 1.82) is 0 Å². The van der Waals surface area contributed by atoms with Crippen LogP contribution in [0, 0.1) is 0 Å². The van der Waals surface area contributed by atoms with E-state index in [0.717, 1.165) is 45.2 Å². The van der Waals surface area contributed by atoms with Crippen LogP contribution in [0.1, 0.15) is 57.8 Å². The number of carboxylic acid groups (broad SMARTS) is 1. The molecule has 0 aromatic rings. The maximum Gasteiger partial charge on any atom is 0.326 e.